The standard InChI is InChI=1S/C22H28N6O3/c1-26(8-9-30-2)22-23-12-15-13-27(6-7-28(15)22)21-24-18-11-16(31-3)10-17(14-4-5-14)19(18)20(29)25-21/h10-12,14H,4-9,13H2,1-3H3,(H,24,25,29). The van der Waals surface area contributed by atoms with Gasteiger partial charge in [0.1, 0.15) is 5.75 Å². The number of H-pyrrole nitrogens is 1. The lowest BCUT2D eigenvalue weighted by molar-refractivity contribution is 0.206. The lowest BCUT2D eigenvalue weighted by Crippen LogP contribution is -2.37. The van der Waals surface area contributed by atoms with E-state index in [0.29, 0.717) is 35.9 Å². The van der Waals surface area contributed by atoms with Gasteiger partial charge in [-0.3, -0.25) is 9.78 Å². The van der Waals surface area contributed by atoms with E-state index in [9.17, 15) is 4.79 Å². The van der Waals surface area contributed by atoms with Crippen molar-refractivity contribution >= 4 is 22.8 Å². The average Bonchev–Trinajstić information content (AvgIpc) is 3.55. The summed E-state index contributed by atoms with van der Waals surface area (Å²) in [6.07, 6.45) is 4.12. The van der Waals surface area contributed by atoms with Crippen LogP contribution in [0.3, 0.4) is 0 Å². The summed E-state index contributed by atoms with van der Waals surface area (Å²) in [6.45, 7) is 3.58. The second-order valence-corrected chi connectivity index (χ2v) is 8.31. The highest BCUT2D eigenvalue weighted by Crippen LogP contribution is 2.43. The number of ether oxygens (including phenoxy) is 2. The van der Waals surface area contributed by atoms with Crippen LogP contribution in [0.15, 0.2) is 23.1 Å². The maximum atomic E-state index is 13.0. The first-order valence-electron chi connectivity index (χ1n) is 10.7. The van der Waals surface area contributed by atoms with Gasteiger partial charge in [-0.05, 0) is 30.4 Å². The number of nitrogens with one attached hydrogen (secondary N) is 1. The van der Waals surface area contributed by atoms with E-state index in [1.54, 1.807) is 14.2 Å². The van der Waals surface area contributed by atoms with Crippen LogP contribution in [-0.2, 0) is 17.8 Å². The van der Waals surface area contributed by atoms with Crippen molar-refractivity contribution in [1.82, 2.24) is 19.5 Å². The smallest absolute Gasteiger partial charge is 0.260 e. The van der Waals surface area contributed by atoms with Gasteiger partial charge in [-0.2, -0.15) is 0 Å². The average molecular weight is 425 g/mol. The van der Waals surface area contributed by atoms with Crippen LogP contribution in [0.2, 0.25) is 0 Å². The number of aromatic amines is 1. The number of anilines is 2. The van der Waals surface area contributed by atoms with Gasteiger partial charge in [-0.25, -0.2) is 9.97 Å². The molecule has 2 aliphatic rings. The molecule has 0 spiro atoms. The topological polar surface area (TPSA) is 88.5 Å². The van der Waals surface area contributed by atoms with Crippen molar-refractivity contribution in [2.75, 3.05) is 50.8 Å². The number of rotatable bonds is 7. The third-order valence-electron chi connectivity index (χ3n) is 6.19. The van der Waals surface area contributed by atoms with E-state index in [0.717, 1.165) is 55.4 Å². The zero-order valence-electron chi connectivity index (χ0n) is 18.2. The van der Waals surface area contributed by atoms with Gasteiger partial charge in [0.25, 0.3) is 5.56 Å². The molecule has 0 radical (unpaired) electrons. The van der Waals surface area contributed by atoms with Gasteiger partial charge in [-0.1, -0.05) is 0 Å². The summed E-state index contributed by atoms with van der Waals surface area (Å²) < 4.78 is 12.9. The normalized spacial score (nSPS) is 15.9. The molecule has 1 fully saturated rings. The Labute approximate surface area is 180 Å². The van der Waals surface area contributed by atoms with E-state index in [1.165, 1.54) is 0 Å². The molecule has 5 rings (SSSR count). The fourth-order valence-electron chi connectivity index (χ4n) is 4.33. The Morgan fingerprint density at radius 3 is 2.84 bits per heavy atom. The van der Waals surface area contributed by atoms with E-state index in [1.807, 2.05) is 25.4 Å². The van der Waals surface area contributed by atoms with E-state index >= 15 is 0 Å². The van der Waals surface area contributed by atoms with Crippen LogP contribution in [0, 0.1) is 0 Å². The monoisotopic (exact) mass is 424 g/mol. The second kappa shape index (κ2) is 7.88. The zero-order valence-corrected chi connectivity index (χ0v) is 18.2. The van der Waals surface area contributed by atoms with Gasteiger partial charge in [0, 0.05) is 39.9 Å². The predicted octanol–water partition coefficient (Wildman–Crippen LogP) is 2.11. The van der Waals surface area contributed by atoms with Crippen LogP contribution in [0.5, 0.6) is 5.75 Å². The molecule has 0 unspecified atom stereocenters. The first kappa shape index (κ1) is 19.9. The van der Waals surface area contributed by atoms with Crippen molar-refractivity contribution in [3.8, 4) is 5.75 Å². The minimum atomic E-state index is -0.0800. The molecule has 31 heavy (non-hydrogen) atoms. The first-order valence-corrected chi connectivity index (χ1v) is 10.7. The highest BCUT2D eigenvalue weighted by molar-refractivity contribution is 5.85. The number of imidazole rings is 1. The van der Waals surface area contributed by atoms with Crippen molar-refractivity contribution in [2.45, 2.75) is 31.8 Å². The van der Waals surface area contributed by atoms with Gasteiger partial charge >= 0.3 is 0 Å². The SMILES string of the molecule is COCCN(C)c1ncc2n1CCN(c1nc3cc(OC)cc(C4CC4)c3c(=O)[nH]1)C2. The maximum Gasteiger partial charge on any atom is 0.260 e. The van der Waals surface area contributed by atoms with Gasteiger partial charge in [0.2, 0.25) is 11.9 Å². The molecule has 1 aliphatic carbocycles. The second-order valence-electron chi connectivity index (χ2n) is 8.31. The zero-order chi connectivity index (χ0) is 21.5. The van der Waals surface area contributed by atoms with Crippen molar-refractivity contribution in [3.63, 3.8) is 0 Å². The summed E-state index contributed by atoms with van der Waals surface area (Å²) in [5.41, 5.74) is 2.76. The minimum absolute atomic E-state index is 0.0800. The Balaban J connectivity index is 1.46. The van der Waals surface area contributed by atoms with Crippen molar-refractivity contribution in [3.05, 3.63) is 39.9 Å². The van der Waals surface area contributed by atoms with Crippen LogP contribution >= 0.6 is 0 Å². The molecule has 1 saturated carbocycles. The molecule has 0 bridgehead atoms. The highest BCUT2D eigenvalue weighted by Gasteiger charge is 2.29. The molecule has 0 saturated heterocycles. The molecule has 0 amide bonds. The van der Waals surface area contributed by atoms with E-state index in [2.05, 4.69) is 24.3 Å². The Bertz CT molecular complexity index is 1170. The molecule has 2 aromatic heterocycles. The number of hydrogen-bond acceptors (Lipinski definition) is 7. The number of aromatic nitrogens is 4. The summed E-state index contributed by atoms with van der Waals surface area (Å²) in [5, 5.41) is 0.691. The van der Waals surface area contributed by atoms with Gasteiger partial charge in [-0.15, -0.1) is 0 Å². The van der Waals surface area contributed by atoms with Crippen molar-refractivity contribution in [2.24, 2.45) is 0 Å². The minimum Gasteiger partial charge on any atom is -0.497 e. The molecule has 9 nitrogen and oxygen atoms in total. The van der Waals surface area contributed by atoms with Crippen molar-refractivity contribution < 1.29 is 9.47 Å². The third-order valence-corrected chi connectivity index (χ3v) is 6.19. The Kier molecular flexibility index (Phi) is 5.05. The molecule has 1 N–H and O–H groups in total. The predicted molar refractivity (Wildman–Crippen MR) is 119 cm³/mol. The summed E-state index contributed by atoms with van der Waals surface area (Å²) >= 11 is 0. The quantitative estimate of drug-likeness (QED) is 0.621. The fourth-order valence-corrected chi connectivity index (χ4v) is 4.33. The van der Waals surface area contributed by atoms with Crippen molar-refractivity contribution in [1.29, 1.82) is 0 Å². The summed E-state index contributed by atoms with van der Waals surface area (Å²) in [5.74, 6) is 2.71. The lowest BCUT2D eigenvalue weighted by atomic mass is 10.0. The molecular formula is C22H28N6O3. The summed E-state index contributed by atoms with van der Waals surface area (Å²) in [7, 11) is 5.38. The largest absolute Gasteiger partial charge is 0.497 e. The van der Waals surface area contributed by atoms with Crippen LogP contribution < -0.4 is 20.1 Å². The summed E-state index contributed by atoms with van der Waals surface area (Å²) in [6, 6.07) is 3.84. The molecule has 1 aliphatic heterocycles. The third kappa shape index (κ3) is 3.63. The van der Waals surface area contributed by atoms with Crippen LogP contribution in [-0.4, -0.2) is 60.5 Å². The van der Waals surface area contributed by atoms with Crippen LogP contribution in [0.1, 0.15) is 30.0 Å². The van der Waals surface area contributed by atoms with Crippen LogP contribution in [0.4, 0.5) is 11.9 Å². The first-order chi connectivity index (χ1) is 15.1. The van der Waals surface area contributed by atoms with E-state index in [4.69, 9.17) is 14.5 Å². The van der Waals surface area contributed by atoms with Crippen LogP contribution in [0.25, 0.3) is 10.9 Å². The maximum absolute atomic E-state index is 13.0. The molecular weight excluding hydrogens is 396 g/mol. The number of hydrogen-bond donors (Lipinski definition) is 1. The number of fused-ring (bicyclic) bond motifs is 2. The molecule has 3 heterocycles. The van der Waals surface area contributed by atoms with Gasteiger partial charge in [0.15, 0.2) is 0 Å². The molecule has 9 heteroatoms. The van der Waals surface area contributed by atoms with Gasteiger partial charge < -0.3 is 23.8 Å². The number of nitrogens with zero attached hydrogens (tertiary/aromatic N) is 5. The van der Waals surface area contributed by atoms with E-state index in [-0.39, 0.29) is 5.56 Å². The molecule has 164 valence electrons. The Morgan fingerprint density at radius 1 is 1.26 bits per heavy atom. The van der Waals surface area contributed by atoms with Gasteiger partial charge in [0.05, 0.1) is 43.1 Å². The summed E-state index contributed by atoms with van der Waals surface area (Å²) in [4.78, 5) is 29.7. The Morgan fingerprint density at radius 2 is 2.10 bits per heavy atom. The fraction of sp³-hybridized carbons (Fsp3) is 0.500. The number of benzene rings is 1. The lowest BCUT2D eigenvalue weighted by Gasteiger charge is -2.30. The van der Waals surface area contributed by atoms with E-state index < -0.39 is 0 Å². The number of likely N-dealkylation sites (N-methyl/N-ethyl adjacent to an activating group) is 1. The molecule has 1 aromatic carbocycles. The highest BCUT2D eigenvalue weighted by atomic mass is 16.5. The number of methoxy groups -OCH3 is 2. The molecule has 0 atom stereocenters. The Hall–Kier alpha value is -3.07. The molecule has 3 aromatic rings.